The zero-order chi connectivity index (χ0) is 25.5. The first-order valence-electron chi connectivity index (χ1n) is 11.6. The zero-order valence-corrected chi connectivity index (χ0v) is 21.1. The number of benzene rings is 1. The molecule has 4 nitrogen and oxygen atoms in total. The van der Waals surface area contributed by atoms with E-state index in [4.69, 9.17) is 0 Å². The molecule has 2 rings (SSSR count). The van der Waals surface area contributed by atoms with Gasteiger partial charge in [0.05, 0.1) is 5.57 Å². The van der Waals surface area contributed by atoms with Crippen LogP contribution in [0.2, 0.25) is 0 Å². The van der Waals surface area contributed by atoms with E-state index in [0.29, 0.717) is 12.0 Å². The molecule has 0 bridgehead atoms. The van der Waals surface area contributed by atoms with Crippen molar-refractivity contribution < 1.29 is 19.8 Å². The molecular formula is C30H36O4. The van der Waals surface area contributed by atoms with E-state index in [2.05, 4.69) is 0 Å². The summed E-state index contributed by atoms with van der Waals surface area (Å²) in [6, 6.07) is 6.52. The number of allylic oxidation sites excluding steroid dienone is 10. The Kier molecular flexibility index (Phi) is 9.19. The summed E-state index contributed by atoms with van der Waals surface area (Å²) in [6.45, 7) is 11.7. The van der Waals surface area contributed by atoms with Crippen molar-refractivity contribution in [2.45, 2.75) is 60.8 Å². The summed E-state index contributed by atoms with van der Waals surface area (Å²) in [6.07, 6.45) is 11.5. The van der Waals surface area contributed by atoms with Gasteiger partial charge in [-0.15, -0.1) is 0 Å². The van der Waals surface area contributed by atoms with Crippen LogP contribution in [0.25, 0.3) is 6.08 Å². The Labute approximate surface area is 203 Å². The van der Waals surface area contributed by atoms with Crippen LogP contribution in [0.4, 0.5) is 0 Å². The van der Waals surface area contributed by atoms with E-state index in [0.717, 1.165) is 22.3 Å². The number of carbonyl (C=O) groups excluding carboxylic acids is 2. The van der Waals surface area contributed by atoms with Gasteiger partial charge in [-0.25, -0.2) is 0 Å². The van der Waals surface area contributed by atoms with Crippen molar-refractivity contribution in [2.75, 3.05) is 0 Å². The minimum atomic E-state index is -1.29. The third kappa shape index (κ3) is 6.80. The summed E-state index contributed by atoms with van der Waals surface area (Å²) in [5.74, 6) is -0.569. The predicted octanol–water partition coefficient (Wildman–Crippen LogP) is 7.35. The molecule has 0 atom stereocenters. The van der Waals surface area contributed by atoms with Crippen LogP contribution in [0.5, 0.6) is 5.75 Å². The fraction of sp³-hybridized carbons (Fsp3) is 0.333. The molecule has 0 saturated heterocycles. The van der Waals surface area contributed by atoms with Crippen LogP contribution < -0.4 is 0 Å². The number of aliphatic hydroxyl groups is 1. The second-order valence-electron chi connectivity index (χ2n) is 9.59. The molecule has 4 heteroatoms. The predicted molar refractivity (Wildman–Crippen MR) is 139 cm³/mol. The Balaban J connectivity index is 2.68. The average Bonchev–Trinajstić information content (AvgIpc) is 2.77. The molecule has 1 aromatic carbocycles. The van der Waals surface area contributed by atoms with Gasteiger partial charge in [-0.1, -0.05) is 53.2 Å². The molecule has 34 heavy (non-hydrogen) atoms. The van der Waals surface area contributed by atoms with Gasteiger partial charge in [0.15, 0.2) is 11.6 Å². The van der Waals surface area contributed by atoms with Crippen molar-refractivity contribution in [3.8, 4) is 5.75 Å². The van der Waals surface area contributed by atoms with E-state index in [1.807, 2.05) is 59.8 Å². The fourth-order valence-electron chi connectivity index (χ4n) is 3.69. The molecule has 0 saturated carbocycles. The van der Waals surface area contributed by atoms with E-state index in [9.17, 15) is 19.8 Å². The summed E-state index contributed by atoms with van der Waals surface area (Å²) < 4.78 is 0. The van der Waals surface area contributed by atoms with E-state index in [1.165, 1.54) is 6.08 Å². The first kappa shape index (κ1) is 26.8. The molecule has 180 valence electrons. The molecule has 1 aliphatic rings. The number of Topliss-reactive ketones (excluding diaryl/α,β-unsaturated/α-hetero) is 2. The molecule has 0 aromatic heterocycles. The monoisotopic (exact) mass is 460 g/mol. The maximum Gasteiger partial charge on any atom is 0.181 e. The van der Waals surface area contributed by atoms with Crippen LogP contribution in [-0.2, 0) is 9.59 Å². The van der Waals surface area contributed by atoms with Gasteiger partial charge in [0.25, 0.3) is 0 Å². The Morgan fingerprint density at radius 3 is 1.85 bits per heavy atom. The number of carbonyl (C=O) groups is 2. The number of rotatable bonds is 8. The lowest BCUT2D eigenvalue weighted by atomic mass is 9.65. The van der Waals surface area contributed by atoms with Crippen LogP contribution in [-0.4, -0.2) is 21.8 Å². The van der Waals surface area contributed by atoms with Crippen LogP contribution in [0.1, 0.15) is 66.4 Å². The largest absolute Gasteiger partial charge is 0.508 e. The molecule has 0 unspecified atom stereocenters. The van der Waals surface area contributed by atoms with Gasteiger partial charge in [0, 0.05) is 5.57 Å². The highest BCUT2D eigenvalue weighted by Gasteiger charge is 2.49. The van der Waals surface area contributed by atoms with Gasteiger partial charge in [0.1, 0.15) is 16.9 Å². The van der Waals surface area contributed by atoms with Gasteiger partial charge in [-0.3, -0.25) is 9.59 Å². The fourth-order valence-corrected chi connectivity index (χ4v) is 3.69. The first-order valence-corrected chi connectivity index (χ1v) is 11.6. The first-order chi connectivity index (χ1) is 16.0. The van der Waals surface area contributed by atoms with Crippen LogP contribution >= 0.6 is 0 Å². The van der Waals surface area contributed by atoms with Crippen molar-refractivity contribution in [1.29, 1.82) is 0 Å². The van der Waals surface area contributed by atoms with E-state index in [-0.39, 0.29) is 41.5 Å². The van der Waals surface area contributed by atoms with Crippen molar-refractivity contribution in [2.24, 2.45) is 5.41 Å². The van der Waals surface area contributed by atoms with E-state index in [1.54, 1.807) is 36.4 Å². The number of aliphatic hydroxyl groups excluding tert-OH is 1. The highest BCUT2D eigenvalue weighted by atomic mass is 16.3. The molecule has 0 spiro atoms. The SMILES string of the molecule is CC(C)=CCC1=CC(=C(O)C=Cc2ccc(O)cc2)C(=O)C(CC=C(C)C)(CC=C(C)C)C1=O. The van der Waals surface area contributed by atoms with Gasteiger partial charge >= 0.3 is 0 Å². The zero-order valence-electron chi connectivity index (χ0n) is 21.1. The third-order valence-electron chi connectivity index (χ3n) is 5.77. The summed E-state index contributed by atoms with van der Waals surface area (Å²) in [4.78, 5) is 27.6. The van der Waals surface area contributed by atoms with Gasteiger partial charge in [-0.2, -0.15) is 0 Å². The Hall–Kier alpha value is -3.40. The molecule has 0 heterocycles. The Morgan fingerprint density at radius 2 is 1.35 bits per heavy atom. The summed E-state index contributed by atoms with van der Waals surface area (Å²) >= 11 is 0. The average molecular weight is 461 g/mol. The second-order valence-corrected chi connectivity index (χ2v) is 9.59. The van der Waals surface area contributed by atoms with Gasteiger partial charge < -0.3 is 10.2 Å². The van der Waals surface area contributed by atoms with Gasteiger partial charge in [-0.05, 0) is 90.7 Å². The molecule has 1 aliphatic carbocycles. The van der Waals surface area contributed by atoms with Crippen LogP contribution in [0, 0.1) is 5.41 Å². The highest BCUT2D eigenvalue weighted by Crippen LogP contribution is 2.42. The molecule has 0 fully saturated rings. The smallest absolute Gasteiger partial charge is 0.181 e. The summed E-state index contributed by atoms with van der Waals surface area (Å²) in [5, 5.41) is 20.4. The van der Waals surface area contributed by atoms with Crippen molar-refractivity contribution in [3.63, 3.8) is 0 Å². The number of phenols is 1. The normalized spacial score (nSPS) is 16.7. The van der Waals surface area contributed by atoms with Crippen molar-refractivity contribution in [1.82, 2.24) is 0 Å². The number of hydrogen-bond acceptors (Lipinski definition) is 4. The van der Waals surface area contributed by atoms with E-state index < -0.39 is 5.41 Å². The molecule has 0 aliphatic heterocycles. The number of aromatic hydroxyl groups is 1. The summed E-state index contributed by atoms with van der Waals surface area (Å²) in [5.41, 5.74) is 3.27. The molecule has 0 amide bonds. The standard InChI is InChI=1S/C30H36O4/c1-20(2)7-11-24-19-26(27(32)14-10-23-8-12-25(31)13-9-23)29(34)30(28(24)33,17-15-21(3)4)18-16-22(5)6/h7-10,12-16,19,31-32H,11,17-18H2,1-6H3. The minimum Gasteiger partial charge on any atom is -0.508 e. The Bertz CT molecular complexity index is 1090. The highest BCUT2D eigenvalue weighted by molar-refractivity contribution is 6.24. The van der Waals surface area contributed by atoms with Gasteiger partial charge in [0.2, 0.25) is 0 Å². The lowest BCUT2D eigenvalue weighted by Crippen LogP contribution is -2.43. The Morgan fingerprint density at radius 1 is 0.824 bits per heavy atom. The lowest BCUT2D eigenvalue weighted by molar-refractivity contribution is -0.136. The molecular weight excluding hydrogens is 424 g/mol. The topological polar surface area (TPSA) is 74.6 Å². The molecule has 2 N–H and O–H groups in total. The van der Waals surface area contributed by atoms with Crippen molar-refractivity contribution in [3.05, 3.63) is 93.8 Å². The van der Waals surface area contributed by atoms with Crippen LogP contribution in [0.3, 0.4) is 0 Å². The third-order valence-corrected chi connectivity index (χ3v) is 5.77. The maximum absolute atomic E-state index is 13.8. The van der Waals surface area contributed by atoms with Crippen molar-refractivity contribution >= 4 is 17.6 Å². The number of ketones is 2. The van der Waals surface area contributed by atoms with Crippen LogP contribution in [0.15, 0.2) is 88.3 Å². The van der Waals surface area contributed by atoms with E-state index >= 15 is 0 Å². The number of hydrogen-bond donors (Lipinski definition) is 2. The summed E-state index contributed by atoms with van der Waals surface area (Å²) in [7, 11) is 0. The molecule has 0 radical (unpaired) electrons. The molecule has 1 aromatic rings. The maximum atomic E-state index is 13.8. The number of phenolic OH excluding ortho intramolecular Hbond substituents is 1. The quantitative estimate of drug-likeness (QED) is 0.184. The lowest BCUT2D eigenvalue weighted by Gasteiger charge is -2.34. The minimum absolute atomic E-state index is 0.149. The second kappa shape index (κ2) is 11.6.